The lowest BCUT2D eigenvalue weighted by Crippen LogP contribution is -2.32. The average molecular weight is 459 g/mol. The van der Waals surface area contributed by atoms with E-state index in [9.17, 15) is 9.59 Å². The first-order valence-corrected chi connectivity index (χ1v) is 9.37. The summed E-state index contributed by atoms with van der Waals surface area (Å²) in [5, 5.41) is 0.816. The van der Waals surface area contributed by atoms with Crippen molar-refractivity contribution < 1.29 is 9.21 Å². The van der Waals surface area contributed by atoms with Gasteiger partial charge >= 0.3 is 5.63 Å². The summed E-state index contributed by atoms with van der Waals surface area (Å²) >= 11 is 2.17. The second-order valence-electron chi connectivity index (χ2n) is 5.75. The third-order valence-corrected chi connectivity index (χ3v) is 5.13. The normalized spacial score (nSPS) is 10.7. The Morgan fingerprint density at radius 3 is 2.65 bits per heavy atom. The van der Waals surface area contributed by atoms with Gasteiger partial charge in [0.05, 0.1) is 5.56 Å². The molecule has 3 aromatic rings. The maximum atomic E-state index is 13.2. The van der Waals surface area contributed by atoms with Crippen LogP contribution in [0.25, 0.3) is 11.0 Å². The van der Waals surface area contributed by atoms with Gasteiger partial charge in [-0.2, -0.15) is 0 Å². The first-order valence-electron chi connectivity index (χ1n) is 8.29. The van der Waals surface area contributed by atoms with E-state index in [2.05, 4.69) is 29.2 Å². The van der Waals surface area contributed by atoms with E-state index in [0.717, 1.165) is 20.2 Å². The van der Waals surface area contributed by atoms with Crippen LogP contribution in [0.4, 0.5) is 5.69 Å². The molecule has 0 saturated carbocycles. The summed E-state index contributed by atoms with van der Waals surface area (Å²) in [6.07, 6.45) is 2.35. The lowest BCUT2D eigenvalue weighted by Gasteiger charge is -2.25. The number of anilines is 1. The van der Waals surface area contributed by atoms with Crippen molar-refractivity contribution >= 4 is 45.2 Å². The van der Waals surface area contributed by atoms with Gasteiger partial charge in [0.2, 0.25) is 0 Å². The van der Waals surface area contributed by atoms with Crippen molar-refractivity contribution in [2.75, 3.05) is 11.4 Å². The van der Waals surface area contributed by atoms with Crippen molar-refractivity contribution in [2.24, 2.45) is 0 Å². The molecule has 0 aliphatic heterocycles. The van der Waals surface area contributed by atoms with Crippen LogP contribution in [0.1, 0.15) is 22.8 Å². The maximum Gasteiger partial charge on any atom is 0.336 e. The van der Waals surface area contributed by atoms with Gasteiger partial charge in [0, 0.05) is 27.3 Å². The number of hydrogen-bond acceptors (Lipinski definition) is 3. The lowest BCUT2D eigenvalue weighted by atomic mass is 10.0. The summed E-state index contributed by atoms with van der Waals surface area (Å²) < 4.78 is 6.19. The number of nitrogens with zero attached hydrogens (tertiary/aromatic N) is 1. The molecule has 5 heteroatoms. The van der Waals surface area contributed by atoms with Gasteiger partial charge in [0.1, 0.15) is 5.58 Å². The number of amides is 1. The molecule has 0 aliphatic rings. The predicted octanol–water partition coefficient (Wildman–Crippen LogP) is 4.79. The monoisotopic (exact) mass is 459 g/mol. The Bertz CT molecular complexity index is 1040. The summed E-state index contributed by atoms with van der Waals surface area (Å²) in [6, 6.07) is 14.2. The molecule has 0 saturated heterocycles. The molecule has 0 N–H and O–H groups in total. The molecule has 1 amide bonds. The molecule has 3 rings (SSSR count). The average Bonchev–Trinajstić information content (AvgIpc) is 2.64. The predicted molar refractivity (Wildman–Crippen MR) is 113 cm³/mol. The van der Waals surface area contributed by atoms with Crippen LogP contribution in [0.3, 0.4) is 0 Å². The number of halogens is 1. The summed E-state index contributed by atoms with van der Waals surface area (Å²) in [4.78, 5) is 26.4. The third-order valence-electron chi connectivity index (χ3n) is 4.19. The van der Waals surface area contributed by atoms with Gasteiger partial charge in [-0.25, -0.2) is 4.79 Å². The van der Waals surface area contributed by atoms with Gasteiger partial charge < -0.3 is 9.32 Å². The fourth-order valence-electron chi connectivity index (χ4n) is 3.01. The number of carbonyl (C=O) groups is 1. The van der Waals surface area contributed by atoms with E-state index in [4.69, 9.17) is 4.42 Å². The van der Waals surface area contributed by atoms with Gasteiger partial charge in [-0.1, -0.05) is 18.2 Å². The van der Waals surface area contributed by atoms with Crippen LogP contribution >= 0.6 is 22.6 Å². The number of allylic oxidation sites excluding steroid dienone is 1. The highest BCUT2D eigenvalue weighted by molar-refractivity contribution is 14.1. The van der Waals surface area contributed by atoms with Gasteiger partial charge in [0.15, 0.2) is 0 Å². The lowest BCUT2D eigenvalue weighted by molar-refractivity contribution is 0.0987. The second kappa shape index (κ2) is 7.86. The maximum absolute atomic E-state index is 13.2. The van der Waals surface area contributed by atoms with Crippen LogP contribution in [-0.4, -0.2) is 12.5 Å². The standard InChI is InChI=1S/C21H18INO3/c1-3-7-14-15-10-13-20(24)26-19(15)12-11-18(14)23(4-2)21(25)16-8-5-6-9-17(16)22/h3,5-6,8-13H,1,4,7H2,2H3. The molecule has 0 aliphatic carbocycles. The SMILES string of the molecule is C=CCc1c(N(CC)C(=O)c2ccccc2I)ccc2oc(=O)ccc12. The number of rotatable bonds is 5. The molecule has 0 radical (unpaired) electrons. The number of fused-ring (bicyclic) bond motifs is 1. The van der Waals surface area contributed by atoms with Crippen LogP contribution in [-0.2, 0) is 6.42 Å². The molecule has 4 nitrogen and oxygen atoms in total. The minimum atomic E-state index is -0.392. The van der Waals surface area contributed by atoms with Gasteiger partial charge in [-0.3, -0.25) is 4.79 Å². The Morgan fingerprint density at radius 2 is 1.96 bits per heavy atom. The first-order chi connectivity index (χ1) is 12.6. The molecular formula is C21H18INO3. The van der Waals surface area contributed by atoms with Crippen molar-refractivity contribution in [3.8, 4) is 0 Å². The van der Waals surface area contributed by atoms with E-state index < -0.39 is 5.63 Å². The Labute approximate surface area is 165 Å². The smallest absolute Gasteiger partial charge is 0.336 e. The fraction of sp³-hybridized carbons (Fsp3) is 0.143. The molecular weight excluding hydrogens is 441 g/mol. The molecule has 1 heterocycles. The number of benzene rings is 2. The molecule has 0 fully saturated rings. The van der Waals surface area contributed by atoms with E-state index in [1.807, 2.05) is 37.3 Å². The highest BCUT2D eigenvalue weighted by Crippen LogP contribution is 2.30. The van der Waals surface area contributed by atoms with Crippen LogP contribution in [0, 0.1) is 3.57 Å². The zero-order valence-electron chi connectivity index (χ0n) is 14.4. The summed E-state index contributed by atoms with van der Waals surface area (Å²) in [6.45, 7) is 6.30. The number of hydrogen-bond donors (Lipinski definition) is 0. The topological polar surface area (TPSA) is 50.5 Å². The van der Waals surface area contributed by atoms with Crippen molar-refractivity contribution in [3.05, 3.63) is 86.3 Å². The van der Waals surface area contributed by atoms with Crippen LogP contribution in [0.15, 0.2) is 70.4 Å². The minimum absolute atomic E-state index is 0.0560. The summed E-state index contributed by atoms with van der Waals surface area (Å²) in [7, 11) is 0. The second-order valence-corrected chi connectivity index (χ2v) is 6.91. The van der Waals surface area contributed by atoms with Crippen molar-refractivity contribution in [2.45, 2.75) is 13.3 Å². The summed E-state index contributed by atoms with van der Waals surface area (Å²) in [5.74, 6) is -0.0560. The molecule has 1 aromatic heterocycles. The molecule has 0 unspecified atom stereocenters. The van der Waals surface area contributed by atoms with E-state index in [1.165, 1.54) is 6.07 Å². The molecule has 132 valence electrons. The van der Waals surface area contributed by atoms with Crippen molar-refractivity contribution in [1.82, 2.24) is 0 Å². The number of carbonyl (C=O) groups excluding carboxylic acids is 1. The van der Waals surface area contributed by atoms with Crippen LogP contribution in [0.5, 0.6) is 0 Å². The quantitative estimate of drug-likeness (QED) is 0.313. The Kier molecular flexibility index (Phi) is 5.56. The largest absolute Gasteiger partial charge is 0.423 e. The Balaban J connectivity index is 2.18. The van der Waals surface area contributed by atoms with E-state index in [-0.39, 0.29) is 5.91 Å². The highest BCUT2D eigenvalue weighted by atomic mass is 127. The van der Waals surface area contributed by atoms with E-state index >= 15 is 0 Å². The van der Waals surface area contributed by atoms with E-state index in [0.29, 0.717) is 24.1 Å². The van der Waals surface area contributed by atoms with Crippen molar-refractivity contribution in [3.63, 3.8) is 0 Å². The first kappa shape index (κ1) is 18.4. The Hall–Kier alpha value is -2.41. The minimum Gasteiger partial charge on any atom is -0.423 e. The van der Waals surface area contributed by atoms with Crippen LogP contribution in [0.2, 0.25) is 0 Å². The highest BCUT2D eigenvalue weighted by Gasteiger charge is 2.21. The molecule has 0 bridgehead atoms. The Morgan fingerprint density at radius 1 is 1.19 bits per heavy atom. The molecule has 0 spiro atoms. The van der Waals surface area contributed by atoms with Gasteiger partial charge in [-0.05, 0) is 71.8 Å². The zero-order chi connectivity index (χ0) is 18.7. The summed E-state index contributed by atoms with van der Waals surface area (Å²) in [5.41, 5.74) is 2.51. The molecule has 0 atom stereocenters. The molecule has 26 heavy (non-hydrogen) atoms. The third kappa shape index (κ3) is 3.44. The van der Waals surface area contributed by atoms with Gasteiger partial charge in [0.25, 0.3) is 5.91 Å². The van der Waals surface area contributed by atoms with E-state index in [1.54, 1.807) is 23.1 Å². The fourth-order valence-corrected chi connectivity index (χ4v) is 3.63. The van der Waals surface area contributed by atoms with Gasteiger partial charge in [-0.15, -0.1) is 6.58 Å². The van der Waals surface area contributed by atoms with Crippen LogP contribution < -0.4 is 10.5 Å². The molecule has 2 aromatic carbocycles. The van der Waals surface area contributed by atoms with Crippen molar-refractivity contribution in [1.29, 1.82) is 0 Å². The zero-order valence-corrected chi connectivity index (χ0v) is 16.5.